The summed E-state index contributed by atoms with van der Waals surface area (Å²) in [7, 11) is 0. The van der Waals surface area contributed by atoms with Crippen molar-refractivity contribution in [2.75, 3.05) is 11.1 Å². The Bertz CT molecular complexity index is 621. The van der Waals surface area contributed by atoms with Crippen molar-refractivity contribution in [3.05, 3.63) is 39.6 Å². The van der Waals surface area contributed by atoms with Crippen molar-refractivity contribution in [3.63, 3.8) is 0 Å². The number of nitrogens with two attached hydrogens (primary N) is 1. The minimum atomic E-state index is 0.196. The van der Waals surface area contributed by atoms with E-state index in [9.17, 15) is 0 Å². The van der Waals surface area contributed by atoms with E-state index in [4.69, 9.17) is 28.9 Å². The van der Waals surface area contributed by atoms with Crippen LogP contribution < -0.4 is 11.1 Å². The predicted octanol–water partition coefficient (Wildman–Crippen LogP) is 4.54. The van der Waals surface area contributed by atoms with Gasteiger partial charge in [0.2, 0.25) is 0 Å². The van der Waals surface area contributed by atoms with Crippen molar-refractivity contribution >= 4 is 40.5 Å². The smallest absolute Gasteiger partial charge is 0.139 e. The molecule has 0 aliphatic rings. The molecular weight excluding hydrogens is 295 g/mol. The number of nitrogens with zero attached hydrogens (tertiary/aromatic N) is 2. The van der Waals surface area contributed by atoms with E-state index in [0.717, 1.165) is 11.3 Å². The third kappa shape index (κ3) is 3.32. The van der Waals surface area contributed by atoms with Crippen LogP contribution in [0.4, 0.5) is 17.3 Å². The lowest BCUT2D eigenvalue weighted by atomic mass is 10.2. The first-order valence-corrected chi connectivity index (χ1v) is 6.99. The first-order chi connectivity index (χ1) is 9.36. The summed E-state index contributed by atoms with van der Waals surface area (Å²) in [6, 6.07) is 5.23. The number of hydrogen-bond donors (Lipinski definition) is 2. The largest absolute Gasteiger partial charge is 0.383 e. The highest BCUT2D eigenvalue weighted by molar-refractivity contribution is 6.35. The maximum Gasteiger partial charge on any atom is 0.139 e. The Kier molecular flexibility index (Phi) is 4.35. The van der Waals surface area contributed by atoms with Crippen LogP contribution in [-0.4, -0.2) is 9.97 Å². The molecule has 0 amide bonds. The molecule has 0 saturated carbocycles. The Labute approximate surface area is 128 Å². The lowest BCUT2D eigenvalue weighted by Crippen LogP contribution is -2.08. The van der Waals surface area contributed by atoms with Gasteiger partial charge in [-0.25, -0.2) is 9.97 Å². The fourth-order valence-corrected chi connectivity index (χ4v) is 2.22. The fraction of sp³-hybridized carbons (Fsp3) is 0.286. The lowest BCUT2D eigenvalue weighted by Gasteiger charge is -2.14. The highest BCUT2D eigenvalue weighted by Crippen LogP contribution is 2.28. The summed E-state index contributed by atoms with van der Waals surface area (Å²) in [5.41, 5.74) is 7.49. The molecule has 0 radical (unpaired) electrons. The molecular formula is C14H16Cl2N4. The molecule has 0 spiro atoms. The lowest BCUT2D eigenvalue weighted by molar-refractivity contribution is 0.776. The molecule has 1 aromatic carbocycles. The van der Waals surface area contributed by atoms with Gasteiger partial charge >= 0.3 is 0 Å². The number of anilines is 3. The SMILES string of the molecule is Cc1c(N)nc(C(C)C)nc1Nc1cc(Cl)cc(Cl)c1. The zero-order chi connectivity index (χ0) is 14.9. The van der Waals surface area contributed by atoms with Crippen LogP contribution in [-0.2, 0) is 0 Å². The van der Waals surface area contributed by atoms with Gasteiger partial charge in [0, 0.05) is 27.2 Å². The van der Waals surface area contributed by atoms with Gasteiger partial charge in [0.1, 0.15) is 17.5 Å². The third-order valence-corrected chi connectivity index (χ3v) is 3.28. The van der Waals surface area contributed by atoms with Gasteiger partial charge in [-0.1, -0.05) is 37.0 Å². The highest BCUT2D eigenvalue weighted by Gasteiger charge is 2.11. The summed E-state index contributed by atoms with van der Waals surface area (Å²) >= 11 is 12.0. The molecule has 4 nitrogen and oxygen atoms in total. The summed E-state index contributed by atoms with van der Waals surface area (Å²) in [5.74, 6) is 2.03. The van der Waals surface area contributed by atoms with Gasteiger partial charge in [-0.3, -0.25) is 0 Å². The van der Waals surface area contributed by atoms with Crippen LogP contribution in [0.15, 0.2) is 18.2 Å². The Morgan fingerprint density at radius 3 is 2.25 bits per heavy atom. The number of rotatable bonds is 3. The Morgan fingerprint density at radius 1 is 1.10 bits per heavy atom. The quantitative estimate of drug-likeness (QED) is 0.873. The van der Waals surface area contributed by atoms with E-state index in [2.05, 4.69) is 15.3 Å². The van der Waals surface area contributed by atoms with Crippen molar-refractivity contribution in [2.45, 2.75) is 26.7 Å². The van der Waals surface area contributed by atoms with Crippen LogP contribution in [0.1, 0.15) is 31.2 Å². The zero-order valence-electron chi connectivity index (χ0n) is 11.5. The van der Waals surface area contributed by atoms with Crippen molar-refractivity contribution < 1.29 is 0 Å². The van der Waals surface area contributed by atoms with E-state index in [1.165, 1.54) is 0 Å². The van der Waals surface area contributed by atoms with Crippen LogP contribution in [0.2, 0.25) is 10.0 Å². The van der Waals surface area contributed by atoms with Gasteiger partial charge in [-0.2, -0.15) is 0 Å². The maximum atomic E-state index is 5.99. The summed E-state index contributed by atoms with van der Waals surface area (Å²) in [5, 5.41) is 4.31. The molecule has 0 saturated heterocycles. The third-order valence-electron chi connectivity index (χ3n) is 2.84. The Hall–Kier alpha value is -1.52. The standard InChI is InChI=1S/C14H16Cl2N4/c1-7(2)13-19-12(17)8(3)14(20-13)18-11-5-9(15)4-10(16)6-11/h4-7H,1-3H3,(H3,17,18,19,20). The van der Waals surface area contributed by atoms with Crippen molar-refractivity contribution in [1.82, 2.24) is 9.97 Å². The van der Waals surface area contributed by atoms with E-state index >= 15 is 0 Å². The van der Waals surface area contributed by atoms with Crippen LogP contribution in [0.5, 0.6) is 0 Å². The number of benzene rings is 1. The molecule has 3 N–H and O–H groups in total. The summed E-state index contributed by atoms with van der Waals surface area (Å²) in [6.45, 7) is 5.90. The first-order valence-electron chi connectivity index (χ1n) is 6.24. The van der Waals surface area contributed by atoms with Crippen molar-refractivity contribution in [1.29, 1.82) is 0 Å². The van der Waals surface area contributed by atoms with E-state index in [1.54, 1.807) is 18.2 Å². The second-order valence-electron chi connectivity index (χ2n) is 4.88. The monoisotopic (exact) mass is 310 g/mol. The molecule has 1 heterocycles. The second-order valence-corrected chi connectivity index (χ2v) is 5.75. The highest BCUT2D eigenvalue weighted by atomic mass is 35.5. The number of nitrogen functional groups attached to an aromatic ring is 1. The molecule has 1 aromatic heterocycles. The number of aromatic nitrogens is 2. The van der Waals surface area contributed by atoms with E-state index in [-0.39, 0.29) is 5.92 Å². The Balaban J connectivity index is 2.42. The number of halogens is 2. The molecule has 0 atom stereocenters. The molecule has 106 valence electrons. The average molecular weight is 311 g/mol. The molecule has 20 heavy (non-hydrogen) atoms. The average Bonchev–Trinajstić information content (AvgIpc) is 2.33. The van der Waals surface area contributed by atoms with Gasteiger partial charge in [0.05, 0.1) is 0 Å². The van der Waals surface area contributed by atoms with Crippen LogP contribution in [0, 0.1) is 6.92 Å². The summed E-state index contributed by atoms with van der Waals surface area (Å²) in [6.07, 6.45) is 0. The van der Waals surface area contributed by atoms with Crippen molar-refractivity contribution in [3.8, 4) is 0 Å². The molecule has 2 rings (SSSR count). The normalized spacial score (nSPS) is 10.9. The molecule has 0 bridgehead atoms. The number of nitrogens with one attached hydrogen (secondary N) is 1. The minimum absolute atomic E-state index is 0.196. The van der Waals surface area contributed by atoms with E-state index < -0.39 is 0 Å². The van der Waals surface area contributed by atoms with Gasteiger partial charge < -0.3 is 11.1 Å². The number of hydrogen-bond acceptors (Lipinski definition) is 4. The van der Waals surface area contributed by atoms with Crippen molar-refractivity contribution in [2.24, 2.45) is 0 Å². The summed E-state index contributed by atoms with van der Waals surface area (Å²) < 4.78 is 0. The van der Waals surface area contributed by atoms with Gasteiger partial charge in [0.25, 0.3) is 0 Å². The maximum absolute atomic E-state index is 5.99. The molecule has 2 aromatic rings. The van der Waals surface area contributed by atoms with Gasteiger partial charge in [-0.05, 0) is 25.1 Å². The fourth-order valence-electron chi connectivity index (χ4n) is 1.69. The molecule has 0 aliphatic carbocycles. The summed E-state index contributed by atoms with van der Waals surface area (Å²) in [4.78, 5) is 8.78. The molecule has 0 aliphatic heterocycles. The zero-order valence-corrected chi connectivity index (χ0v) is 13.0. The van der Waals surface area contributed by atoms with E-state index in [1.807, 2.05) is 20.8 Å². The van der Waals surface area contributed by atoms with Crippen LogP contribution >= 0.6 is 23.2 Å². The molecule has 0 unspecified atom stereocenters. The van der Waals surface area contributed by atoms with Gasteiger partial charge in [0.15, 0.2) is 0 Å². The minimum Gasteiger partial charge on any atom is -0.383 e. The second kappa shape index (κ2) is 5.85. The van der Waals surface area contributed by atoms with E-state index in [0.29, 0.717) is 27.5 Å². The van der Waals surface area contributed by atoms with Gasteiger partial charge in [-0.15, -0.1) is 0 Å². The first kappa shape index (κ1) is 14.9. The van der Waals surface area contributed by atoms with Crippen LogP contribution in [0.3, 0.4) is 0 Å². The van der Waals surface area contributed by atoms with Crippen LogP contribution in [0.25, 0.3) is 0 Å². The topological polar surface area (TPSA) is 63.8 Å². The molecule has 0 fully saturated rings. The molecule has 6 heteroatoms. The Morgan fingerprint density at radius 2 is 1.70 bits per heavy atom. The predicted molar refractivity (Wildman–Crippen MR) is 85.0 cm³/mol.